The second-order valence-corrected chi connectivity index (χ2v) is 7.15. The molecule has 1 nitrogen and oxygen atoms in total. The van der Waals surface area contributed by atoms with Gasteiger partial charge in [-0.1, -0.05) is 31.4 Å². The van der Waals surface area contributed by atoms with E-state index in [4.69, 9.17) is 17.3 Å². The predicted molar refractivity (Wildman–Crippen MR) is 70.5 cm³/mol. The first-order chi connectivity index (χ1) is 7.03. The minimum absolute atomic E-state index is 0.133. The van der Waals surface area contributed by atoms with Crippen molar-refractivity contribution in [1.82, 2.24) is 0 Å². The molecule has 1 aromatic heterocycles. The van der Waals surface area contributed by atoms with Crippen LogP contribution in [0.1, 0.15) is 43.5 Å². The summed E-state index contributed by atoms with van der Waals surface area (Å²) in [4.78, 5) is 1.20. The number of nitrogens with two attached hydrogens (primary N) is 1. The van der Waals surface area contributed by atoms with Gasteiger partial charge in [-0.2, -0.15) is 0 Å². The van der Waals surface area contributed by atoms with Crippen LogP contribution in [0.3, 0.4) is 0 Å². The summed E-state index contributed by atoms with van der Waals surface area (Å²) in [5.74, 6) is 0. The second kappa shape index (κ2) is 4.36. The molecule has 0 radical (unpaired) electrons. The molecule has 15 heavy (non-hydrogen) atoms. The minimum Gasteiger partial charge on any atom is -0.323 e. The molecule has 1 fully saturated rings. The van der Waals surface area contributed by atoms with Crippen LogP contribution < -0.4 is 5.73 Å². The highest BCUT2D eigenvalue weighted by Crippen LogP contribution is 2.48. The van der Waals surface area contributed by atoms with E-state index >= 15 is 0 Å². The maximum Gasteiger partial charge on any atom is 0.107 e. The predicted octanol–water partition coefficient (Wildman–Crippen LogP) is 4.74. The smallest absolute Gasteiger partial charge is 0.107 e. The molecule has 1 aliphatic rings. The molecule has 0 amide bonds. The van der Waals surface area contributed by atoms with Crippen molar-refractivity contribution in [2.45, 2.75) is 38.6 Å². The van der Waals surface area contributed by atoms with E-state index in [0.29, 0.717) is 0 Å². The molecular weight excluding hydrogens is 294 g/mol. The van der Waals surface area contributed by atoms with Crippen LogP contribution in [-0.2, 0) is 0 Å². The van der Waals surface area contributed by atoms with E-state index in [1.54, 1.807) is 11.3 Å². The Morgan fingerprint density at radius 2 is 2.13 bits per heavy atom. The van der Waals surface area contributed by atoms with Crippen LogP contribution in [0.4, 0.5) is 0 Å². The number of halogens is 2. The molecule has 0 aromatic carbocycles. The van der Waals surface area contributed by atoms with Crippen LogP contribution in [0.15, 0.2) is 10.5 Å². The maximum atomic E-state index is 6.35. The van der Waals surface area contributed by atoms with Gasteiger partial charge in [0, 0.05) is 15.4 Å². The van der Waals surface area contributed by atoms with Crippen molar-refractivity contribution in [2.75, 3.05) is 0 Å². The van der Waals surface area contributed by atoms with Gasteiger partial charge in [0.1, 0.15) is 4.34 Å². The lowest BCUT2D eigenvalue weighted by Crippen LogP contribution is -2.28. The summed E-state index contributed by atoms with van der Waals surface area (Å²) < 4.78 is 1.78. The van der Waals surface area contributed by atoms with Crippen LogP contribution in [0.2, 0.25) is 4.34 Å². The Bertz CT molecular complexity index is 338. The number of rotatable bonds is 2. The van der Waals surface area contributed by atoms with Crippen LogP contribution in [0, 0.1) is 5.41 Å². The molecular formula is C11H15BrClNS. The summed E-state index contributed by atoms with van der Waals surface area (Å²) in [6, 6.07) is 2.20. The highest BCUT2D eigenvalue weighted by atomic mass is 79.9. The largest absolute Gasteiger partial charge is 0.323 e. The van der Waals surface area contributed by atoms with Gasteiger partial charge in [0.15, 0.2) is 0 Å². The molecule has 84 valence electrons. The summed E-state index contributed by atoms with van der Waals surface area (Å²) in [5, 5.41) is 0. The molecule has 0 aliphatic heterocycles. The summed E-state index contributed by atoms with van der Waals surface area (Å²) in [5.41, 5.74) is 6.62. The van der Waals surface area contributed by atoms with Crippen LogP contribution >= 0.6 is 38.9 Å². The Labute approximate surface area is 108 Å². The van der Waals surface area contributed by atoms with E-state index in [-0.39, 0.29) is 11.5 Å². The fourth-order valence-corrected chi connectivity index (χ4v) is 4.27. The average molecular weight is 309 g/mol. The quantitative estimate of drug-likeness (QED) is 0.838. The fraction of sp³-hybridized carbons (Fsp3) is 0.636. The van der Waals surface area contributed by atoms with Crippen molar-refractivity contribution >= 4 is 38.9 Å². The Balaban J connectivity index is 2.23. The highest BCUT2D eigenvalue weighted by molar-refractivity contribution is 9.10. The van der Waals surface area contributed by atoms with Crippen LogP contribution in [0.25, 0.3) is 0 Å². The van der Waals surface area contributed by atoms with Gasteiger partial charge in [0.25, 0.3) is 0 Å². The van der Waals surface area contributed by atoms with E-state index in [1.165, 1.54) is 30.6 Å². The number of hydrogen-bond acceptors (Lipinski definition) is 2. The minimum atomic E-state index is 0.133. The van der Waals surface area contributed by atoms with Gasteiger partial charge in [-0.15, -0.1) is 11.3 Å². The molecule has 1 unspecified atom stereocenters. The lowest BCUT2D eigenvalue weighted by molar-refractivity contribution is 0.268. The molecule has 1 atom stereocenters. The second-order valence-electron chi connectivity index (χ2n) is 4.61. The molecule has 0 spiro atoms. The van der Waals surface area contributed by atoms with Gasteiger partial charge < -0.3 is 5.73 Å². The first-order valence-electron chi connectivity index (χ1n) is 5.23. The van der Waals surface area contributed by atoms with Crippen molar-refractivity contribution in [1.29, 1.82) is 0 Å². The van der Waals surface area contributed by atoms with Gasteiger partial charge in [-0.25, -0.2) is 0 Å². The summed E-state index contributed by atoms with van der Waals surface area (Å²) in [7, 11) is 0. The fourth-order valence-electron chi connectivity index (χ4n) is 2.35. The molecule has 1 aliphatic carbocycles. The molecule has 4 heteroatoms. The van der Waals surface area contributed by atoms with Crippen LogP contribution in [-0.4, -0.2) is 0 Å². The van der Waals surface area contributed by atoms with Gasteiger partial charge in [0.05, 0.1) is 0 Å². The van der Waals surface area contributed by atoms with Crippen molar-refractivity contribution in [3.63, 3.8) is 0 Å². The van der Waals surface area contributed by atoms with Crippen molar-refractivity contribution in [2.24, 2.45) is 11.1 Å². The Kier molecular flexibility index (Phi) is 3.46. The van der Waals surface area contributed by atoms with Gasteiger partial charge in [-0.05, 0) is 40.3 Å². The summed E-state index contributed by atoms with van der Waals surface area (Å²) in [6.45, 7) is 2.30. The molecule has 1 aromatic rings. The van der Waals surface area contributed by atoms with E-state index in [0.717, 1.165) is 8.81 Å². The first kappa shape index (κ1) is 11.9. The zero-order valence-electron chi connectivity index (χ0n) is 8.72. The first-order valence-corrected chi connectivity index (χ1v) is 7.22. The summed E-state index contributed by atoms with van der Waals surface area (Å²) in [6.07, 6.45) is 5.09. The third kappa shape index (κ3) is 2.26. The molecule has 2 rings (SSSR count). The zero-order valence-corrected chi connectivity index (χ0v) is 11.9. The Hall–Kier alpha value is 0.430. The molecule has 0 saturated heterocycles. The number of thiophene rings is 1. The summed E-state index contributed by atoms with van der Waals surface area (Å²) >= 11 is 11.1. The lowest BCUT2D eigenvalue weighted by atomic mass is 9.80. The van der Waals surface area contributed by atoms with Crippen molar-refractivity contribution < 1.29 is 0 Å². The van der Waals surface area contributed by atoms with E-state index in [2.05, 4.69) is 28.9 Å². The van der Waals surface area contributed by atoms with E-state index in [9.17, 15) is 0 Å². The van der Waals surface area contributed by atoms with E-state index in [1.807, 2.05) is 0 Å². The molecule has 1 saturated carbocycles. The van der Waals surface area contributed by atoms with Gasteiger partial charge in [-0.3, -0.25) is 0 Å². The standard InChI is InChI=1S/C11H15BrClNS/c1-11(4-2-3-5-11)9(14)8-6-7(12)10(13)15-8/h6,9H,2-5,14H2,1H3. The zero-order chi connectivity index (χ0) is 11.1. The van der Waals surface area contributed by atoms with Crippen LogP contribution in [0.5, 0.6) is 0 Å². The van der Waals surface area contributed by atoms with Gasteiger partial charge in [0.2, 0.25) is 0 Å². The van der Waals surface area contributed by atoms with Crippen molar-refractivity contribution in [3.05, 3.63) is 19.8 Å². The SMILES string of the molecule is CC1(C(N)c2cc(Br)c(Cl)s2)CCCC1. The molecule has 1 heterocycles. The topological polar surface area (TPSA) is 26.0 Å². The monoisotopic (exact) mass is 307 g/mol. The Morgan fingerprint density at radius 1 is 1.53 bits per heavy atom. The highest BCUT2D eigenvalue weighted by Gasteiger charge is 2.36. The molecule has 2 N–H and O–H groups in total. The van der Waals surface area contributed by atoms with E-state index < -0.39 is 0 Å². The third-order valence-corrected chi connectivity index (χ3v) is 6.03. The number of hydrogen-bond donors (Lipinski definition) is 1. The molecule has 0 bridgehead atoms. The average Bonchev–Trinajstić information content (AvgIpc) is 2.75. The van der Waals surface area contributed by atoms with Crippen molar-refractivity contribution in [3.8, 4) is 0 Å². The Morgan fingerprint density at radius 3 is 2.60 bits per heavy atom. The normalized spacial score (nSPS) is 21.9. The third-order valence-electron chi connectivity index (χ3n) is 3.47. The lowest BCUT2D eigenvalue weighted by Gasteiger charge is -2.30. The van der Waals surface area contributed by atoms with Gasteiger partial charge >= 0.3 is 0 Å². The maximum absolute atomic E-state index is 6.35.